The number of anilines is 1. The van der Waals surface area contributed by atoms with Crippen LogP contribution in [0.2, 0.25) is 0 Å². The Balaban J connectivity index is 1.29. The Bertz CT molecular complexity index is 1060. The topological polar surface area (TPSA) is 70.4 Å². The van der Waals surface area contributed by atoms with E-state index in [9.17, 15) is 4.39 Å². The third-order valence-corrected chi connectivity index (χ3v) is 5.81. The van der Waals surface area contributed by atoms with E-state index in [4.69, 9.17) is 4.99 Å². The van der Waals surface area contributed by atoms with Gasteiger partial charge in [-0.3, -0.25) is 4.99 Å². The SMILES string of the molecule is CCNC(=NCCCc1cn(-c2ccccc2)nc1C)NC1CCN(c2ncccc2F)C1. The number of guanidine groups is 1. The van der Waals surface area contributed by atoms with Gasteiger partial charge in [-0.25, -0.2) is 14.1 Å². The molecule has 1 saturated heterocycles. The molecule has 0 bridgehead atoms. The Morgan fingerprint density at radius 2 is 2.06 bits per heavy atom. The van der Waals surface area contributed by atoms with E-state index in [0.29, 0.717) is 12.4 Å². The molecule has 2 aromatic heterocycles. The van der Waals surface area contributed by atoms with Crippen molar-refractivity contribution in [1.82, 2.24) is 25.4 Å². The first-order chi connectivity index (χ1) is 16.1. The van der Waals surface area contributed by atoms with Crippen molar-refractivity contribution >= 4 is 11.8 Å². The van der Waals surface area contributed by atoms with Gasteiger partial charge in [0.15, 0.2) is 17.6 Å². The van der Waals surface area contributed by atoms with Crippen molar-refractivity contribution in [3.8, 4) is 5.69 Å². The molecule has 33 heavy (non-hydrogen) atoms. The number of aryl methyl sites for hydroxylation is 2. The minimum Gasteiger partial charge on any atom is -0.357 e. The van der Waals surface area contributed by atoms with Gasteiger partial charge in [0, 0.05) is 44.6 Å². The third-order valence-electron chi connectivity index (χ3n) is 5.81. The highest BCUT2D eigenvalue weighted by Gasteiger charge is 2.25. The Labute approximate surface area is 194 Å². The first-order valence-corrected chi connectivity index (χ1v) is 11.6. The maximum atomic E-state index is 14.1. The minimum absolute atomic E-state index is 0.204. The van der Waals surface area contributed by atoms with Crippen molar-refractivity contribution in [2.75, 3.05) is 31.1 Å². The number of hydrogen-bond acceptors (Lipinski definition) is 4. The van der Waals surface area contributed by atoms with Crippen LogP contribution in [0.4, 0.5) is 10.2 Å². The molecular weight excluding hydrogens is 417 g/mol. The molecule has 0 aliphatic carbocycles. The van der Waals surface area contributed by atoms with E-state index < -0.39 is 0 Å². The number of benzene rings is 1. The second kappa shape index (κ2) is 10.9. The van der Waals surface area contributed by atoms with Crippen molar-refractivity contribution in [2.45, 2.75) is 39.2 Å². The van der Waals surface area contributed by atoms with E-state index in [1.54, 1.807) is 12.3 Å². The predicted molar refractivity (Wildman–Crippen MR) is 131 cm³/mol. The summed E-state index contributed by atoms with van der Waals surface area (Å²) in [5.74, 6) is 0.960. The average Bonchev–Trinajstić information content (AvgIpc) is 3.44. The number of aliphatic imine (C=N–C) groups is 1. The average molecular weight is 450 g/mol. The van der Waals surface area contributed by atoms with Gasteiger partial charge in [-0.1, -0.05) is 18.2 Å². The third kappa shape index (κ3) is 5.88. The van der Waals surface area contributed by atoms with Crippen molar-refractivity contribution in [3.05, 3.63) is 71.9 Å². The van der Waals surface area contributed by atoms with Crippen molar-refractivity contribution in [1.29, 1.82) is 0 Å². The van der Waals surface area contributed by atoms with Gasteiger partial charge in [0.2, 0.25) is 0 Å². The molecule has 0 radical (unpaired) electrons. The second-order valence-corrected chi connectivity index (χ2v) is 8.27. The molecule has 174 valence electrons. The van der Waals surface area contributed by atoms with Gasteiger partial charge >= 0.3 is 0 Å². The predicted octanol–water partition coefficient (Wildman–Crippen LogP) is 3.48. The van der Waals surface area contributed by atoms with E-state index in [1.165, 1.54) is 11.6 Å². The minimum atomic E-state index is -0.274. The van der Waals surface area contributed by atoms with Crippen LogP contribution >= 0.6 is 0 Å². The summed E-state index contributed by atoms with van der Waals surface area (Å²) >= 11 is 0. The van der Waals surface area contributed by atoms with Crippen LogP contribution in [0.25, 0.3) is 5.69 Å². The zero-order valence-electron chi connectivity index (χ0n) is 19.3. The molecule has 7 nitrogen and oxygen atoms in total. The lowest BCUT2D eigenvalue weighted by atomic mass is 10.1. The molecule has 4 rings (SSSR count). The smallest absolute Gasteiger partial charge is 0.191 e. The summed E-state index contributed by atoms with van der Waals surface area (Å²) in [5.41, 5.74) is 3.37. The van der Waals surface area contributed by atoms with Crippen LogP contribution in [0.5, 0.6) is 0 Å². The number of nitrogens with one attached hydrogen (secondary N) is 2. The maximum Gasteiger partial charge on any atom is 0.191 e. The zero-order chi connectivity index (χ0) is 23.0. The van der Waals surface area contributed by atoms with Crippen LogP contribution < -0.4 is 15.5 Å². The molecule has 1 unspecified atom stereocenters. The molecule has 1 fully saturated rings. The van der Waals surface area contributed by atoms with Crippen LogP contribution in [0, 0.1) is 12.7 Å². The molecule has 1 aromatic carbocycles. The number of pyridine rings is 1. The van der Waals surface area contributed by atoms with Crippen LogP contribution in [-0.2, 0) is 6.42 Å². The molecule has 2 N–H and O–H groups in total. The monoisotopic (exact) mass is 449 g/mol. The maximum absolute atomic E-state index is 14.1. The van der Waals surface area contributed by atoms with Crippen LogP contribution in [0.3, 0.4) is 0 Å². The Morgan fingerprint density at radius 1 is 1.21 bits per heavy atom. The first-order valence-electron chi connectivity index (χ1n) is 11.6. The van der Waals surface area contributed by atoms with Crippen LogP contribution in [-0.4, -0.2) is 52.9 Å². The fraction of sp³-hybridized carbons (Fsp3) is 0.400. The van der Waals surface area contributed by atoms with E-state index in [-0.39, 0.29) is 11.9 Å². The fourth-order valence-corrected chi connectivity index (χ4v) is 4.11. The van der Waals surface area contributed by atoms with Gasteiger partial charge in [0.25, 0.3) is 0 Å². The quantitative estimate of drug-likeness (QED) is 0.313. The first kappa shape index (κ1) is 22.8. The Morgan fingerprint density at radius 3 is 2.85 bits per heavy atom. The van der Waals surface area contributed by atoms with E-state index in [2.05, 4.69) is 52.9 Å². The molecule has 0 saturated carbocycles. The van der Waals surface area contributed by atoms with Gasteiger partial charge in [-0.05, 0) is 62.9 Å². The summed E-state index contributed by atoms with van der Waals surface area (Å²) in [6.45, 7) is 7.10. The Hall–Kier alpha value is -3.42. The zero-order valence-corrected chi connectivity index (χ0v) is 19.3. The molecule has 1 aliphatic heterocycles. The summed E-state index contributed by atoms with van der Waals surface area (Å²) in [7, 11) is 0. The standard InChI is InChI=1S/C25H32FN7/c1-3-27-25(30-21-13-16-32(18-21)24-23(26)12-8-14-28-24)29-15-7-9-20-17-33(31-19(20)2)22-10-5-4-6-11-22/h4-6,8,10-12,14,17,21H,3,7,9,13,15-16,18H2,1-2H3,(H2,27,29,30). The lowest BCUT2D eigenvalue weighted by molar-refractivity contribution is 0.612. The molecule has 1 atom stereocenters. The summed E-state index contributed by atoms with van der Waals surface area (Å²) in [5, 5.41) is 11.5. The van der Waals surface area contributed by atoms with E-state index >= 15 is 0 Å². The van der Waals surface area contributed by atoms with Crippen molar-refractivity contribution in [3.63, 3.8) is 0 Å². The van der Waals surface area contributed by atoms with Gasteiger partial charge in [0.1, 0.15) is 0 Å². The fourth-order valence-electron chi connectivity index (χ4n) is 4.11. The molecule has 0 spiro atoms. The Kier molecular flexibility index (Phi) is 7.55. The summed E-state index contributed by atoms with van der Waals surface area (Å²) < 4.78 is 16.0. The molecule has 3 aromatic rings. The lowest BCUT2D eigenvalue weighted by Gasteiger charge is -2.19. The number of rotatable bonds is 8. The van der Waals surface area contributed by atoms with Gasteiger partial charge in [-0.2, -0.15) is 5.10 Å². The molecule has 1 aliphatic rings. The lowest BCUT2D eigenvalue weighted by Crippen LogP contribution is -2.44. The number of aromatic nitrogens is 3. The highest BCUT2D eigenvalue weighted by molar-refractivity contribution is 5.80. The number of halogens is 1. The van der Waals surface area contributed by atoms with Crippen molar-refractivity contribution in [2.24, 2.45) is 4.99 Å². The van der Waals surface area contributed by atoms with Gasteiger partial charge < -0.3 is 15.5 Å². The second-order valence-electron chi connectivity index (χ2n) is 8.27. The summed E-state index contributed by atoms with van der Waals surface area (Å²) in [4.78, 5) is 10.9. The number of nitrogens with zero attached hydrogens (tertiary/aromatic N) is 5. The molecular formula is C25H32FN7. The molecule has 0 amide bonds. The van der Waals surface area contributed by atoms with Crippen molar-refractivity contribution < 1.29 is 4.39 Å². The molecule has 3 heterocycles. The largest absolute Gasteiger partial charge is 0.357 e. The van der Waals surface area contributed by atoms with E-state index in [0.717, 1.165) is 56.2 Å². The van der Waals surface area contributed by atoms with Crippen LogP contribution in [0.15, 0.2) is 59.9 Å². The van der Waals surface area contributed by atoms with Gasteiger partial charge in [-0.15, -0.1) is 0 Å². The molecule has 8 heteroatoms. The highest BCUT2D eigenvalue weighted by Crippen LogP contribution is 2.20. The normalized spacial score (nSPS) is 16.3. The number of hydrogen-bond donors (Lipinski definition) is 2. The summed E-state index contributed by atoms with van der Waals surface area (Å²) in [6.07, 6.45) is 6.53. The highest BCUT2D eigenvalue weighted by atomic mass is 19.1. The van der Waals surface area contributed by atoms with Crippen LogP contribution in [0.1, 0.15) is 31.0 Å². The number of para-hydroxylation sites is 1. The van der Waals surface area contributed by atoms with E-state index in [1.807, 2.05) is 27.8 Å². The van der Waals surface area contributed by atoms with Gasteiger partial charge in [0.05, 0.1) is 11.4 Å². The summed E-state index contributed by atoms with van der Waals surface area (Å²) in [6, 6.07) is 13.4.